The van der Waals surface area contributed by atoms with E-state index in [0.29, 0.717) is 42.0 Å². The molecule has 2 aliphatic rings. The molecule has 0 radical (unpaired) electrons. The number of esters is 1. The lowest BCUT2D eigenvalue weighted by atomic mass is 9.97. The first-order valence-corrected chi connectivity index (χ1v) is 10.6. The van der Waals surface area contributed by atoms with E-state index in [0.717, 1.165) is 12.8 Å². The Bertz CT molecular complexity index is 962. The third-order valence-electron chi connectivity index (χ3n) is 5.39. The molecule has 0 unspecified atom stereocenters. The molecule has 4 rings (SSSR count). The summed E-state index contributed by atoms with van der Waals surface area (Å²) in [4.78, 5) is 43.6. The topological polar surface area (TPSA) is 81.5 Å². The summed E-state index contributed by atoms with van der Waals surface area (Å²) in [5, 5.41) is 1.24. The molecule has 0 bridgehead atoms. The number of carbonyl (C=O) groups excluding carboxylic acids is 2. The van der Waals surface area contributed by atoms with E-state index < -0.39 is 0 Å². The van der Waals surface area contributed by atoms with Gasteiger partial charge in [-0.3, -0.25) is 19.0 Å². The lowest BCUT2D eigenvalue weighted by Gasteiger charge is -2.30. The molecule has 28 heavy (non-hydrogen) atoms. The van der Waals surface area contributed by atoms with E-state index in [1.807, 2.05) is 18.2 Å². The maximum Gasteiger partial charge on any atom is 0.308 e. The van der Waals surface area contributed by atoms with Gasteiger partial charge in [0.25, 0.3) is 5.56 Å². The number of methoxy groups -OCH3 is 1. The highest BCUT2D eigenvalue weighted by Crippen LogP contribution is 2.37. The summed E-state index contributed by atoms with van der Waals surface area (Å²) >= 11 is 1.33. The van der Waals surface area contributed by atoms with Gasteiger partial charge in [-0.15, -0.1) is 0 Å². The summed E-state index contributed by atoms with van der Waals surface area (Å²) in [6, 6.07) is 7.53. The van der Waals surface area contributed by atoms with Crippen LogP contribution in [0.3, 0.4) is 0 Å². The van der Waals surface area contributed by atoms with Crippen LogP contribution >= 0.6 is 11.8 Å². The number of amides is 1. The van der Waals surface area contributed by atoms with Crippen molar-refractivity contribution in [2.75, 3.05) is 26.0 Å². The highest BCUT2D eigenvalue weighted by atomic mass is 32.2. The summed E-state index contributed by atoms with van der Waals surface area (Å²) in [7, 11) is 1.40. The number of carbonyl (C=O) groups is 2. The number of benzene rings is 1. The fraction of sp³-hybridized carbons (Fsp3) is 0.500. The standard InChI is InChI=1S/C20H23N3O4S/c1-27-19(26)13-8-10-22(11-9-13)17(24)12-28-20-21-16-5-3-2-4-15(16)18(25)23(20)14-6-7-14/h2-5,13-14H,6-12H2,1H3. The maximum absolute atomic E-state index is 12.9. The second-order valence-corrected chi connectivity index (χ2v) is 8.23. The molecule has 1 aromatic heterocycles. The molecule has 0 atom stereocenters. The molecule has 2 fully saturated rings. The SMILES string of the molecule is COC(=O)C1CCN(C(=O)CSc2nc3ccccc3c(=O)n2C2CC2)CC1. The van der Waals surface area contributed by atoms with Gasteiger partial charge in [-0.1, -0.05) is 23.9 Å². The number of fused-ring (bicyclic) bond motifs is 1. The first-order chi connectivity index (χ1) is 13.6. The van der Waals surface area contributed by atoms with Gasteiger partial charge in [-0.05, 0) is 37.8 Å². The number of hydrogen-bond donors (Lipinski definition) is 0. The first kappa shape index (κ1) is 19.0. The van der Waals surface area contributed by atoms with Crippen LogP contribution in [0, 0.1) is 5.92 Å². The molecule has 1 amide bonds. The van der Waals surface area contributed by atoms with Crippen molar-refractivity contribution in [1.29, 1.82) is 0 Å². The monoisotopic (exact) mass is 401 g/mol. The summed E-state index contributed by atoms with van der Waals surface area (Å²) in [5.74, 6) is -0.0716. The average Bonchev–Trinajstić information content (AvgIpc) is 3.56. The highest BCUT2D eigenvalue weighted by Gasteiger charge is 2.30. The Morgan fingerprint density at radius 2 is 1.89 bits per heavy atom. The van der Waals surface area contributed by atoms with Gasteiger partial charge in [0.2, 0.25) is 5.91 Å². The van der Waals surface area contributed by atoms with Gasteiger partial charge >= 0.3 is 5.97 Å². The summed E-state index contributed by atoms with van der Waals surface area (Å²) in [5.41, 5.74) is 0.639. The molecule has 0 N–H and O–H groups in total. The molecule has 8 heteroatoms. The molecule has 1 aliphatic heterocycles. The van der Waals surface area contributed by atoms with Crippen LogP contribution in [0.5, 0.6) is 0 Å². The quantitative estimate of drug-likeness (QED) is 0.434. The Hall–Kier alpha value is -2.35. The van der Waals surface area contributed by atoms with E-state index in [-0.39, 0.29) is 35.1 Å². The van der Waals surface area contributed by atoms with Crippen LogP contribution in [0.15, 0.2) is 34.2 Å². The Kier molecular flexibility index (Phi) is 5.39. The number of hydrogen-bond acceptors (Lipinski definition) is 6. The fourth-order valence-electron chi connectivity index (χ4n) is 3.63. The van der Waals surface area contributed by atoms with Crippen molar-refractivity contribution in [3.8, 4) is 0 Å². The molecule has 1 aliphatic carbocycles. The second kappa shape index (κ2) is 7.95. The van der Waals surface area contributed by atoms with Crippen molar-refractivity contribution in [3.63, 3.8) is 0 Å². The maximum atomic E-state index is 12.9. The molecular formula is C20H23N3O4S. The Morgan fingerprint density at radius 3 is 2.57 bits per heavy atom. The minimum Gasteiger partial charge on any atom is -0.469 e. The lowest BCUT2D eigenvalue weighted by molar-refractivity contribution is -0.148. The predicted molar refractivity (Wildman–Crippen MR) is 106 cm³/mol. The van der Waals surface area contributed by atoms with E-state index in [9.17, 15) is 14.4 Å². The molecular weight excluding hydrogens is 378 g/mol. The van der Waals surface area contributed by atoms with Gasteiger partial charge < -0.3 is 9.64 Å². The zero-order valence-corrected chi connectivity index (χ0v) is 16.6. The van der Waals surface area contributed by atoms with Crippen LogP contribution in [0.2, 0.25) is 0 Å². The number of para-hydroxylation sites is 1. The Morgan fingerprint density at radius 1 is 1.18 bits per heavy atom. The van der Waals surface area contributed by atoms with Crippen LogP contribution in [-0.2, 0) is 14.3 Å². The van der Waals surface area contributed by atoms with Crippen molar-refractivity contribution in [2.45, 2.75) is 36.9 Å². The van der Waals surface area contributed by atoms with Crippen LogP contribution in [0.1, 0.15) is 31.7 Å². The van der Waals surface area contributed by atoms with E-state index in [1.165, 1.54) is 18.9 Å². The van der Waals surface area contributed by atoms with E-state index in [4.69, 9.17) is 4.74 Å². The van der Waals surface area contributed by atoms with Crippen molar-refractivity contribution in [3.05, 3.63) is 34.6 Å². The largest absolute Gasteiger partial charge is 0.469 e. The molecule has 1 saturated carbocycles. The van der Waals surface area contributed by atoms with Crippen LogP contribution in [-0.4, -0.2) is 52.3 Å². The number of piperidine rings is 1. The van der Waals surface area contributed by atoms with Gasteiger partial charge in [0.1, 0.15) is 0 Å². The van der Waals surface area contributed by atoms with Gasteiger partial charge in [0, 0.05) is 19.1 Å². The number of ether oxygens (including phenoxy) is 1. The third kappa shape index (κ3) is 3.78. The third-order valence-corrected chi connectivity index (χ3v) is 6.33. The Labute approximate surface area is 167 Å². The molecule has 1 aromatic carbocycles. The minimum atomic E-state index is -0.199. The smallest absolute Gasteiger partial charge is 0.308 e. The normalized spacial score (nSPS) is 17.7. The summed E-state index contributed by atoms with van der Waals surface area (Å²) in [6.45, 7) is 1.11. The zero-order valence-electron chi connectivity index (χ0n) is 15.8. The van der Waals surface area contributed by atoms with Crippen molar-refractivity contribution >= 4 is 34.5 Å². The average molecular weight is 401 g/mol. The van der Waals surface area contributed by atoms with Crippen molar-refractivity contribution in [1.82, 2.24) is 14.5 Å². The van der Waals surface area contributed by atoms with Gasteiger partial charge in [-0.2, -0.15) is 0 Å². The number of thioether (sulfide) groups is 1. The summed E-state index contributed by atoms with van der Waals surface area (Å²) < 4.78 is 6.55. The first-order valence-electron chi connectivity index (χ1n) is 9.58. The number of likely N-dealkylation sites (tertiary alicyclic amines) is 1. The fourth-order valence-corrected chi connectivity index (χ4v) is 4.60. The molecule has 7 nitrogen and oxygen atoms in total. The minimum absolute atomic E-state index is 0.0121. The van der Waals surface area contributed by atoms with Gasteiger partial charge in [0.15, 0.2) is 5.16 Å². The predicted octanol–water partition coefficient (Wildman–Crippen LogP) is 2.24. The number of nitrogens with zero attached hydrogens (tertiary/aromatic N) is 3. The molecule has 148 valence electrons. The lowest BCUT2D eigenvalue weighted by Crippen LogP contribution is -2.41. The van der Waals surface area contributed by atoms with E-state index >= 15 is 0 Å². The van der Waals surface area contributed by atoms with E-state index in [2.05, 4.69) is 4.98 Å². The molecule has 2 aromatic rings. The van der Waals surface area contributed by atoms with Crippen LogP contribution in [0.4, 0.5) is 0 Å². The molecule has 0 spiro atoms. The molecule has 1 saturated heterocycles. The van der Waals surface area contributed by atoms with Crippen molar-refractivity contribution in [2.24, 2.45) is 5.92 Å². The number of rotatable bonds is 5. The zero-order chi connectivity index (χ0) is 19.7. The number of aromatic nitrogens is 2. The second-order valence-electron chi connectivity index (χ2n) is 7.28. The Balaban J connectivity index is 1.46. The van der Waals surface area contributed by atoms with Crippen LogP contribution in [0.25, 0.3) is 10.9 Å². The van der Waals surface area contributed by atoms with Gasteiger partial charge in [0.05, 0.1) is 29.7 Å². The highest BCUT2D eigenvalue weighted by molar-refractivity contribution is 7.99. The van der Waals surface area contributed by atoms with Crippen LogP contribution < -0.4 is 5.56 Å². The molecule has 2 heterocycles. The van der Waals surface area contributed by atoms with E-state index in [1.54, 1.807) is 15.5 Å². The van der Waals surface area contributed by atoms with Crippen molar-refractivity contribution < 1.29 is 14.3 Å². The van der Waals surface area contributed by atoms with Gasteiger partial charge in [-0.25, -0.2) is 4.98 Å². The summed E-state index contributed by atoms with van der Waals surface area (Å²) in [6.07, 6.45) is 3.21.